The van der Waals surface area contributed by atoms with Gasteiger partial charge in [-0.15, -0.1) is 11.8 Å². The van der Waals surface area contributed by atoms with Crippen molar-refractivity contribution in [2.45, 2.75) is 139 Å². The molecule has 68 heavy (non-hydrogen) atoms. The summed E-state index contributed by atoms with van der Waals surface area (Å²) in [6.07, 6.45) is 5.22. The predicted octanol–water partition coefficient (Wildman–Crippen LogP) is 4.46. The molecule has 5 aliphatic rings. The van der Waals surface area contributed by atoms with Gasteiger partial charge >= 0.3 is 12.1 Å². The molecule has 4 bridgehead atoms. The maximum Gasteiger partial charge on any atom is 0.409 e. The van der Waals surface area contributed by atoms with Crippen molar-refractivity contribution in [1.29, 1.82) is 0 Å². The van der Waals surface area contributed by atoms with E-state index < -0.39 is 76.8 Å². The number of likely N-dealkylation sites (tertiary alicyclic amines) is 1. The number of allylic oxidation sites excluding steroid dienone is 3. The number of methoxy groups -OCH3 is 2. The molecule has 6 amide bonds. The number of hydrogen-bond donors (Lipinski definition) is 3. The topological polar surface area (TPSA) is 223 Å². The van der Waals surface area contributed by atoms with Crippen LogP contribution >= 0.6 is 23.4 Å². The first-order chi connectivity index (χ1) is 32.2. The molecule has 1 aromatic rings. The number of anilines is 1. The number of carbonyl (C=O) groups excluding carboxylic acids is 7. The molecule has 1 aliphatic carbocycles. The molecule has 0 aromatic heterocycles. The summed E-state index contributed by atoms with van der Waals surface area (Å²) in [6, 6.07) is 2.41. The van der Waals surface area contributed by atoms with Crippen molar-refractivity contribution in [2.24, 2.45) is 11.8 Å². The molecule has 3 saturated heterocycles. The number of amides is 6. The third-order valence-electron chi connectivity index (χ3n) is 14.0. The van der Waals surface area contributed by atoms with Gasteiger partial charge in [-0.25, -0.2) is 9.59 Å². The van der Waals surface area contributed by atoms with Crippen LogP contribution in [0, 0.1) is 11.8 Å². The zero-order valence-electron chi connectivity index (χ0n) is 40.2. The fourth-order valence-electron chi connectivity index (χ4n) is 9.50. The number of likely N-dealkylation sites (N-methyl/N-ethyl adjacent to an activating group) is 1. The van der Waals surface area contributed by atoms with Gasteiger partial charge in [0.05, 0.1) is 30.6 Å². The molecule has 1 saturated carbocycles. The number of ether oxygens (including phenoxy) is 5. The number of halogens is 1. The second-order valence-corrected chi connectivity index (χ2v) is 20.4. The van der Waals surface area contributed by atoms with E-state index in [4.69, 9.17) is 35.3 Å². The van der Waals surface area contributed by atoms with Gasteiger partial charge in [0.15, 0.2) is 5.72 Å². The Hall–Kier alpha value is -4.69. The molecule has 4 heterocycles. The molecule has 20 heteroatoms. The minimum Gasteiger partial charge on any atom is -0.495 e. The van der Waals surface area contributed by atoms with Gasteiger partial charge < -0.3 is 43.9 Å². The Morgan fingerprint density at radius 1 is 1.10 bits per heavy atom. The lowest BCUT2D eigenvalue weighted by Crippen LogP contribution is -2.63. The average molecular weight is 989 g/mol. The van der Waals surface area contributed by atoms with Crippen molar-refractivity contribution >= 4 is 70.6 Å². The van der Waals surface area contributed by atoms with Crippen LogP contribution in [-0.2, 0) is 54.1 Å². The largest absolute Gasteiger partial charge is 0.495 e. The second kappa shape index (κ2) is 22.4. The SMILES string of the molecule is COc1cc2cc(c1Cl)N(C)C(=O)C[C@H](OC(=O)[C@H](C)N(C)C(=O)CCSC1CC(=O)N(CCNC(=O)C3CCCCC3)C1=O)C1(C)OC1C(C)C1CC(O)(NC(=O)O1)C(OC)/C=C/C=C(\C)C2. The van der Waals surface area contributed by atoms with Crippen molar-refractivity contribution in [3.05, 3.63) is 46.5 Å². The third-order valence-corrected chi connectivity index (χ3v) is 15.6. The van der Waals surface area contributed by atoms with Crippen LogP contribution < -0.4 is 20.3 Å². The van der Waals surface area contributed by atoms with E-state index in [9.17, 15) is 38.7 Å². The highest BCUT2D eigenvalue weighted by Gasteiger charge is 2.64. The molecular weight excluding hydrogens is 922 g/mol. The van der Waals surface area contributed by atoms with Crippen LogP contribution in [0.5, 0.6) is 5.75 Å². The van der Waals surface area contributed by atoms with E-state index in [1.54, 1.807) is 45.2 Å². The minimum absolute atomic E-state index is 0.0171. The van der Waals surface area contributed by atoms with Crippen molar-refractivity contribution in [2.75, 3.05) is 52.1 Å². The molecule has 0 spiro atoms. The number of fused-ring (bicyclic) bond motifs is 5. The van der Waals surface area contributed by atoms with Crippen LogP contribution in [0.3, 0.4) is 0 Å². The highest BCUT2D eigenvalue weighted by atomic mass is 35.5. The van der Waals surface area contributed by atoms with Gasteiger partial charge in [0, 0.05) is 71.1 Å². The van der Waals surface area contributed by atoms with Crippen LogP contribution in [-0.4, -0.2) is 151 Å². The number of carbonyl (C=O) groups is 7. The van der Waals surface area contributed by atoms with E-state index in [2.05, 4.69) is 10.6 Å². The lowest BCUT2D eigenvalue weighted by Gasteiger charge is -2.42. The number of alkyl carbamates (subject to hydrolysis) is 1. The number of aliphatic hydroxyl groups is 1. The first-order valence-electron chi connectivity index (χ1n) is 23.3. The molecule has 0 radical (unpaired) electrons. The highest BCUT2D eigenvalue weighted by molar-refractivity contribution is 8.00. The van der Waals surface area contributed by atoms with Crippen LogP contribution in [0.1, 0.15) is 91.0 Å². The first kappa shape index (κ1) is 52.7. The standard InChI is InChI=1S/C48H66ClN5O13S/c1-27-13-12-16-36(64-8)48(62)26-34(65-46(61)51-48)28(2)42-47(4,67-42)37(25-39(56)53(6)32-22-30(21-27)23-33(63-7)41(32)49)66-45(60)29(3)52(5)38(55)17-20-68-35-24-40(57)54(44(35)59)19-18-50-43(58)31-14-10-9-11-15-31/h12-13,16,22-23,28-29,31,34-37,42,62H,9-11,14-15,17-21,24-26H2,1-8H3,(H,50,58)(H,51,61)/b16-12+,27-13+/t28?,29-,34?,35?,36?,37-,42?,47?,48?/m0/s1. The van der Waals surface area contributed by atoms with Crippen LogP contribution in [0.2, 0.25) is 5.02 Å². The van der Waals surface area contributed by atoms with Crippen molar-refractivity contribution < 1.29 is 62.4 Å². The summed E-state index contributed by atoms with van der Waals surface area (Å²) in [5.74, 6) is -2.57. The van der Waals surface area contributed by atoms with E-state index >= 15 is 0 Å². The quantitative estimate of drug-likeness (QED) is 0.141. The molecule has 3 N–H and O–H groups in total. The highest BCUT2D eigenvalue weighted by Crippen LogP contribution is 2.49. The Morgan fingerprint density at radius 3 is 2.51 bits per heavy atom. The number of benzene rings is 1. The zero-order chi connectivity index (χ0) is 49.7. The van der Waals surface area contributed by atoms with Crippen LogP contribution in [0.25, 0.3) is 0 Å². The molecule has 374 valence electrons. The first-order valence-corrected chi connectivity index (χ1v) is 24.7. The van der Waals surface area contributed by atoms with E-state index in [1.165, 1.54) is 49.8 Å². The van der Waals surface area contributed by atoms with Gasteiger partial charge in [-0.1, -0.05) is 61.6 Å². The minimum atomic E-state index is -1.87. The van der Waals surface area contributed by atoms with Gasteiger partial charge in [0.1, 0.15) is 40.7 Å². The Balaban J connectivity index is 1.14. The van der Waals surface area contributed by atoms with Gasteiger partial charge in [-0.3, -0.25) is 34.2 Å². The summed E-state index contributed by atoms with van der Waals surface area (Å²) < 4.78 is 29.4. The second-order valence-electron chi connectivity index (χ2n) is 18.7. The number of esters is 1. The Labute approximate surface area is 407 Å². The Morgan fingerprint density at radius 2 is 1.82 bits per heavy atom. The maximum absolute atomic E-state index is 14.3. The summed E-state index contributed by atoms with van der Waals surface area (Å²) in [5, 5.41) is 16.7. The van der Waals surface area contributed by atoms with Gasteiger partial charge in [-0.2, -0.15) is 0 Å². The molecular formula is C48H66ClN5O13S. The number of nitrogens with zero attached hydrogens (tertiary/aromatic N) is 3. The van der Waals surface area contributed by atoms with Gasteiger partial charge in [0.25, 0.3) is 0 Å². The number of thioether (sulfide) groups is 1. The Kier molecular flexibility index (Phi) is 17.3. The van der Waals surface area contributed by atoms with Crippen molar-refractivity contribution in [3.63, 3.8) is 0 Å². The van der Waals surface area contributed by atoms with Crippen molar-refractivity contribution in [3.8, 4) is 5.75 Å². The fraction of sp³-hybridized carbons (Fsp3) is 0.646. The predicted molar refractivity (Wildman–Crippen MR) is 253 cm³/mol. The number of hydrogen-bond acceptors (Lipinski definition) is 14. The number of rotatable bonds is 13. The van der Waals surface area contributed by atoms with Crippen molar-refractivity contribution in [1.82, 2.24) is 20.4 Å². The number of nitrogens with one attached hydrogen (secondary N) is 2. The lowest BCUT2D eigenvalue weighted by molar-refractivity contribution is -0.162. The molecule has 4 fully saturated rings. The molecule has 6 rings (SSSR count). The monoisotopic (exact) mass is 987 g/mol. The van der Waals surface area contributed by atoms with E-state index in [0.29, 0.717) is 17.9 Å². The lowest BCUT2D eigenvalue weighted by atomic mass is 9.83. The van der Waals surface area contributed by atoms with Gasteiger partial charge in [-0.05, 0) is 57.7 Å². The summed E-state index contributed by atoms with van der Waals surface area (Å²) in [7, 11) is 5.88. The van der Waals surface area contributed by atoms with E-state index in [0.717, 1.165) is 48.1 Å². The zero-order valence-corrected chi connectivity index (χ0v) is 41.7. The number of imide groups is 1. The summed E-state index contributed by atoms with van der Waals surface area (Å²) in [6.45, 7) is 7.12. The normalized spacial score (nSPS) is 30.8. The maximum atomic E-state index is 14.3. The molecule has 4 aliphatic heterocycles. The molecule has 9 atom stereocenters. The van der Waals surface area contributed by atoms with E-state index in [-0.39, 0.29) is 73.2 Å². The third kappa shape index (κ3) is 12.0. The molecule has 7 unspecified atom stereocenters. The summed E-state index contributed by atoms with van der Waals surface area (Å²) in [4.78, 5) is 97.1. The summed E-state index contributed by atoms with van der Waals surface area (Å²) in [5.41, 5.74) is -1.15. The van der Waals surface area contributed by atoms with Crippen LogP contribution in [0.15, 0.2) is 35.9 Å². The molecule has 18 nitrogen and oxygen atoms in total. The van der Waals surface area contributed by atoms with Gasteiger partial charge in [0.2, 0.25) is 29.5 Å². The van der Waals surface area contributed by atoms with Crippen LogP contribution in [0.4, 0.5) is 10.5 Å². The molecule has 1 aromatic carbocycles. The fourth-order valence-corrected chi connectivity index (χ4v) is 10.9. The average Bonchev–Trinajstić information content (AvgIpc) is 3.93. The summed E-state index contributed by atoms with van der Waals surface area (Å²) >= 11 is 7.99. The number of epoxide rings is 1. The smallest absolute Gasteiger partial charge is 0.409 e. The Bertz CT molecular complexity index is 2170. The van der Waals surface area contributed by atoms with E-state index in [1.807, 2.05) is 13.0 Å².